The number of unbranched alkanes of at least 4 members (excludes halogenated alkanes) is 10. The number of phenolic OH excluding ortho intramolecular Hbond substituents is 4. The first-order valence-corrected chi connectivity index (χ1v) is 15.9. The molecule has 0 aliphatic heterocycles. The van der Waals surface area contributed by atoms with Crippen LogP contribution in [-0.2, 0) is 0 Å². The van der Waals surface area contributed by atoms with Gasteiger partial charge >= 0.3 is 0 Å². The van der Waals surface area contributed by atoms with Crippen LogP contribution in [0.4, 0.5) is 0 Å². The maximum Gasteiger partial charge on any atom is 0.158 e. The van der Waals surface area contributed by atoms with Crippen molar-refractivity contribution in [1.29, 1.82) is 0 Å². The molecule has 2 aromatic carbocycles. The van der Waals surface area contributed by atoms with Crippen LogP contribution in [0, 0.1) is 0 Å². The minimum absolute atomic E-state index is 0.0955. The molecule has 0 aliphatic rings. The van der Waals surface area contributed by atoms with E-state index < -0.39 is 0 Å². The third-order valence-corrected chi connectivity index (χ3v) is 8.66. The number of rotatable bonds is 21. The Balaban J connectivity index is 2.01. The van der Waals surface area contributed by atoms with Crippen molar-refractivity contribution in [3.05, 3.63) is 36.4 Å². The molecule has 2 rings (SSSR count). The lowest BCUT2D eigenvalue weighted by atomic mass is 10.1. The van der Waals surface area contributed by atoms with E-state index in [0.717, 1.165) is 48.8 Å². The molecule has 0 aromatic heterocycles. The molecular weight excluding hydrogens is 516 g/mol. The molecule has 0 saturated carbocycles. The summed E-state index contributed by atoms with van der Waals surface area (Å²) in [4.78, 5) is 1.81. The van der Waals surface area contributed by atoms with Crippen LogP contribution in [0.15, 0.2) is 46.2 Å². The molecule has 2 aromatic rings. The van der Waals surface area contributed by atoms with Gasteiger partial charge in [-0.15, -0.1) is 0 Å². The van der Waals surface area contributed by atoms with Crippen molar-refractivity contribution in [3.8, 4) is 23.0 Å². The van der Waals surface area contributed by atoms with E-state index in [4.69, 9.17) is 0 Å². The molecule has 0 atom stereocenters. The summed E-state index contributed by atoms with van der Waals surface area (Å²) in [5.41, 5.74) is 0. The lowest BCUT2D eigenvalue weighted by Crippen LogP contribution is -2.29. The third kappa shape index (κ3) is 13.4. The molecule has 0 saturated heterocycles. The van der Waals surface area contributed by atoms with Gasteiger partial charge in [0.1, 0.15) is 0 Å². The largest absolute Gasteiger partial charge is 0.504 e. The summed E-state index contributed by atoms with van der Waals surface area (Å²) in [6.07, 6.45) is 14.8. The molecule has 0 amide bonds. The van der Waals surface area contributed by atoms with E-state index in [2.05, 4.69) is 22.5 Å². The summed E-state index contributed by atoms with van der Waals surface area (Å²) in [7, 11) is 0. The van der Waals surface area contributed by atoms with Gasteiger partial charge in [0, 0.05) is 36.0 Å². The monoisotopic (exact) mass is 564 g/mol. The summed E-state index contributed by atoms with van der Waals surface area (Å²) in [5, 5.41) is 39.4. The first kappa shape index (κ1) is 32.5. The predicted molar refractivity (Wildman–Crippen MR) is 161 cm³/mol. The van der Waals surface area contributed by atoms with Crippen molar-refractivity contribution in [2.45, 2.75) is 101 Å². The second-order valence-corrected chi connectivity index (χ2v) is 12.2. The molecule has 0 unspecified atom stereocenters. The molecule has 0 fully saturated rings. The topological polar surface area (TPSA) is 87.4 Å². The molecule has 4 N–H and O–H groups in total. The number of hydrogen-bond donors (Lipinski definition) is 4. The fourth-order valence-electron chi connectivity index (χ4n) is 4.18. The van der Waals surface area contributed by atoms with E-state index in [-0.39, 0.29) is 23.0 Å². The first-order valence-electron chi connectivity index (χ1n) is 14.3. The summed E-state index contributed by atoms with van der Waals surface area (Å²) >= 11 is 3.25. The van der Waals surface area contributed by atoms with E-state index in [1.165, 1.54) is 64.2 Å². The normalized spacial score (nSPS) is 11.6. The number of benzene rings is 2. The van der Waals surface area contributed by atoms with Crippen LogP contribution in [0.2, 0.25) is 0 Å². The van der Waals surface area contributed by atoms with Gasteiger partial charge in [-0.2, -0.15) is 0 Å². The SMILES string of the molecule is CCCCCCCCN(CCN(CCCCCCCC)Sc1ccc(O)c(O)c1)Sc1ccc(O)c(O)c1. The second-order valence-electron chi connectivity index (χ2n) is 9.88. The van der Waals surface area contributed by atoms with Gasteiger partial charge in [-0.25, -0.2) is 8.61 Å². The Labute approximate surface area is 238 Å². The van der Waals surface area contributed by atoms with Gasteiger partial charge in [0.25, 0.3) is 0 Å². The molecular formula is C30H48N2O4S2. The standard InChI is InChI=1S/C30H48N2O4S2/c1-3-5-7-9-11-13-19-31(37-25-15-17-27(33)29(35)23-25)21-22-32(20-14-12-10-8-6-4-2)38-26-16-18-28(34)30(36)24-26/h15-18,23-24,33-36H,3-14,19-22H2,1-2H3. The van der Waals surface area contributed by atoms with Crippen molar-refractivity contribution < 1.29 is 20.4 Å². The van der Waals surface area contributed by atoms with Gasteiger partial charge in [-0.3, -0.25) is 0 Å². The zero-order chi connectivity index (χ0) is 27.6. The average Bonchev–Trinajstić information content (AvgIpc) is 2.90. The summed E-state index contributed by atoms with van der Waals surface area (Å²) < 4.78 is 4.71. The summed E-state index contributed by atoms with van der Waals surface area (Å²) in [6.45, 7) is 8.06. The van der Waals surface area contributed by atoms with E-state index in [0.29, 0.717) is 0 Å². The van der Waals surface area contributed by atoms with Crippen LogP contribution in [0.5, 0.6) is 23.0 Å². The fourth-order valence-corrected chi connectivity index (χ4v) is 6.15. The molecule has 214 valence electrons. The number of hydrogen-bond acceptors (Lipinski definition) is 8. The fraction of sp³-hybridized carbons (Fsp3) is 0.600. The van der Waals surface area contributed by atoms with Gasteiger partial charge in [-0.05, 0) is 73.1 Å². The van der Waals surface area contributed by atoms with Crippen LogP contribution in [0.25, 0.3) is 0 Å². The molecule has 38 heavy (non-hydrogen) atoms. The Bertz CT molecular complexity index is 842. The number of nitrogens with zero attached hydrogens (tertiary/aromatic N) is 2. The van der Waals surface area contributed by atoms with Crippen molar-refractivity contribution in [2.75, 3.05) is 26.2 Å². The van der Waals surface area contributed by atoms with Crippen molar-refractivity contribution >= 4 is 23.9 Å². The molecule has 8 heteroatoms. The van der Waals surface area contributed by atoms with Gasteiger partial charge in [0.05, 0.1) is 0 Å². The zero-order valence-electron chi connectivity index (χ0n) is 23.3. The van der Waals surface area contributed by atoms with Gasteiger partial charge in [0.15, 0.2) is 23.0 Å². The maximum atomic E-state index is 9.98. The van der Waals surface area contributed by atoms with Crippen molar-refractivity contribution in [3.63, 3.8) is 0 Å². The quantitative estimate of drug-likeness (QED) is 0.0681. The van der Waals surface area contributed by atoms with E-state index in [9.17, 15) is 20.4 Å². The van der Waals surface area contributed by atoms with Crippen LogP contribution in [0.1, 0.15) is 90.9 Å². The van der Waals surface area contributed by atoms with Crippen LogP contribution in [0.3, 0.4) is 0 Å². The molecule has 0 aliphatic carbocycles. The van der Waals surface area contributed by atoms with Gasteiger partial charge in [0.2, 0.25) is 0 Å². The van der Waals surface area contributed by atoms with Crippen LogP contribution >= 0.6 is 23.9 Å². The van der Waals surface area contributed by atoms with E-state index >= 15 is 0 Å². The predicted octanol–water partition coefficient (Wildman–Crippen LogP) is 8.55. The maximum absolute atomic E-state index is 9.98. The van der Waals surface area contributed by atoms with Crippen LogP contribution < -0.4 is 0 Å². The highest BCUT2D eigenvalue weighted by Gasteiger charge is 2.14. The Morgan fingerprint density at radius 2 is 0.842 bits per heavy atom. The van der Waals surface area contributed by atoms with Gasteiger partial charge in [-0.1, -0.05) is 78.1 Å². The van der Waals surface area contributed by atoms with Crippen molar-refractivity contribution in [2.24, 2.45) is 0 Å². The Morgan fingerprint density at radius 1 is 0.474 bits per heavy atom. The van der Waals surface area contributed by atoms with Crippen LogP contribution in [-0.4, -0.2) is 55.2 Å². The molecule has 0 heterocycles. The number of phenols is 4. The Kier molecular flexibility index (Phi) is 16.5. The highest BCUT2D eigenvalue weighted by atomic mass is 32.2. The van der Waals surface area contributed by atoms with Crippen molar-refractivity contribution in [1.82, 2.24) is 8.61 Å². The minimum atomic E-state index is -0.101. The molecule has 0 bridgehead atoms. The second kappa shape index (κ2) is 19.3. The smallest absolute Gasteiger partial charge is 0.158 e. The minimum Gasteiger partial charge on any atom is -0.504 e. The van der Waals surface area contributed by atoms with E-state index in [1.54, 1.807) is 48.2 Å². The lowest BCUT2D eigenvalue weighted by molar-refractivity contribution is 0.372. The molecule has 0 spiro atoms. The van der Waals surface area contributed by atoms with Gasteiger partial charge < -0.3 is 20.4 Å². The lowest BCUT2D eigenvalue weighted by Gasteiger charge is -2.26. The summed E-state index contributed by atoms with van der Waals surface area (Å²) in [6, 6.07) is 10.0. The molecule has 6 nitrogen and oxygen atoms in total. The summed E-state index contributed by atoms with van der Waals surface area (Å²) in [5.74, 6) is -0.394. The Morgan fingerprint density at radius 3 is 1.21 bits per heavy atom. The van der Waals surface area contributed by atoms with E-state index in [1.807, 2.05) is 12.1 Å². The first-order chi connectivity index (χ1) is 18.4. The highest BCUT2D eigenvalue weighted by Crippen LogP contribution is 2.34. The highest BCUT2D eigenvalue weighted by molar-refractivity contribution is 7.97. The average molecular weight is 565 g/mol. The number of aromatic hydroxyl groups is 4. The Hall–Kier alpha value is -1.74. The molecule has 0 radical (unpaired) electrons. The zero-order valence-corrected chi connectivity index (χ0v) is 24.9. The third-order valence-electron chi connectivity index (χ3n) is 6.48.